The minimum Gasteiger partial charge on any atom is -0.444 e. The normalized spacial score (nSPS) is 21.3. The Bertz CT molecular complexity index is 1280. The average Bonchev–Trinajstić information content (AvgIpc) is 3.49. The summed E-state index contributed by atoms with van der Waals surface area (Å²) in [5, 5.41) is 4.05. The van der Waals surface area contributed by atoms with Gasteiger partial charge in [-0.05, 0) is 68.7 Å². The minimum atomic E-state index is -0.492. The van der Waals surface area contributed by atoms with Crippen molar-refractivity contribution in [2.75, 3.05) is 39.9 Å². The fraction of sp³-hybridized carbons (Fsp3) is 0.536. The summed E-state index contributed by atoms with van der Waals surface area (Å²) in [6, 6.07) is 8.67. The highest BCUT2D eigenvalue weighted by atomic mass is 35.5. The number of halogens is 1. The number of carbonyl (C=O) groups excluding carboxylic acids is 1. The largest absolute Gasteiger partial charge is 0.444 e. The van der Waals surface area contributed by atoms with Gasteiger partial charge in [0.15, 0.2) is 0 Å². The van der Waals surface area contributed by atoms with Crippen LogP contribution in [0.25, 0.3) is 10.2 Å². The Kier molecular flexibility index (Phi) is 7.47. The lowest BCUT2D eigenvalue weighted by Gasteiger charge is -2.39. The summed E-state index contributed by atoms with van der Waals surface area (Å²) in [5.74, 6) is 1.57. The number of fused-ring (bicyclic) bond motifs is 1. The summed E-state index contributed by atoms with van der Waals surface area (Å²) in [5.41, 5.74) is 2.97. The fourth-order valence-electron chi connectivity index (χ4n) is 5.28. The van der Waals surface area contributed by atoms with Crippen molar-refractivity contribution in [3.05, 3.63) is 57.3 Å². The van der Waals surface area contributed by atoms with Gasteiger partial charge in [0.05, 0.1) is 18.3 Å². The van der Waals surface area contributed by atoms with E-state index in [1.807, 2.05) is 27.7 Å². The molecule has 1 aromatic carbocycles. The number of amides is 1. The second kappa shape index (κ2) is 10.5. The van der Waals surface area contributed by atoms with Crippen LogP contribution >= 0.6 is 22.9 Å². The molecule has 3 heterocycles. The number of benzene rings is 1. The Morgan fingerprint density at radius 2 is 1.92 bits per heavy atom. The quantitative estimate of drug-likeness (QED) is 0.371. The number of methoxy groups -OCH3 is 1. The fourth-order valence-corrected chi connectivity index (χ4v) is 6.42. The first kappa shape index (κ1) is 26.4. The van der Waals surface area contributed by atoms with E-state index in [4.69, 9.17) is 26.1 Å². The number of carbonyl (C=O) groups is 1. The third kappa shape index (κ3) is 5.77. The summed E-state index contributed by atoms with van der Waals surface area (Å²) in [4.78, 5) is 27.1. The Balaban J connectivity index is 1.28. The third-order valence-corrected chi connectivity index (χ3v) is 8.28. The number of hydrogen-bond donors (Lipinski definition) is 0. The van der Waals surface area contributed by atoms with E-state index in [0.29, 0.717) is 31.5 Å². The highest BCUT2D eigenvalue weighted by Gasteiger charge is 2.43. The van der Waals surface area contributed by atoms with E-state index in [2.05, 4.69) is 39.5 Å². The van der Waals surface area contributed by atoms with E-state index in [9.17, 15) is 4.79 Å². The van der Waals surface area contributed by atoms with E-state index in [-0.39, 0.29) is 12.1 Å². The van der Waals surface area contributed by atoms with Crippen LogP contribution in [-0.4, -0.2) is 71.4 Å². The highest BCUT2D eigenvalue weighted by Crippen LogP contribution is 2.57. The van der Waals surface area contributed by atoms with Crippen molar-refractivity contribution in [1.29, 1.82) is 0 Å². The lowest BCUT2D eigenvalue weighted by Crippen LogP contribution is -2.51. The van der Waals surface area contributed by atoms with E-state index in [0.717, 1.165) is 46.4 Å². The monoisotopic (exact) mass is 542 g/mol. The second-order valence-corrected chi connectivity index (χ2v) is 12.3. The Morgan fingerprint density at radius 3 is 2.59 bits per heavy atom. The molecule has 3 aromatic rings. The molecular weight excluding hydrogens is 508 g/mol. The van der Waals surface area contributed by atoms with Crippen LogP contribution in [0.3, 0.4) is 0 Å². The Hall–Kier alpha value is -2.26. The molecule has 3 atom stereocenters. The van der Waals surface area contributed by atoms with Crippen LogP contribution < -0.4 is 0 Å². The van der Waals surface area contributed by atoms with Crippen molar-refractivity contribution in [3.63, 3.8) is 0 Å². The zero-order chi connectivity index (χ0) is 26.3. The molecule has 1 amide bonds. The number of nitrogens with zero attached hydrogens (tertiary/aromatic N) is 4. The maximum atomic E-state index is 12.5. The molecule has 2 aliphatic rings. The van der Waals surface area contributed by atoms with Gasteiger partial charge in [0, 0.05) is 49.6 Å². The average molecular weight is 543 g/mol. The molecule has 2 fully saturated rings. The predicted molar refractivity (Wildman–Crippen MR) is 148 cm³/mol. The van der Waals surface area contributed by atoms with Gasteiger partial charge in [-0.15, -0.1) is 11.3 Å². The topological polar surface area (TPSA) is 67.8 Å². The van der Waals surface area contributed by atoms with Crippen molar-refractivity contribution in [3.8, 4) is 0 Å². The molecule has 1 saturated carbocycles. The highest BCUT2D eigenvalue weighted by molar-refractivity contribution is 7.16. The first-order valence-electron chi connectivity index (χ1n) is 12.9. The molecule has 3 unspecified atom stereocenters. The molecule has 1 saturated heterocycles. The molecule has 0 radical (unpaired) electrons. The number of thiophene rings is 1. The summed E-state index contributed by atoms with van der Waals surface area (Å²) in [7, 11) is 1.73. The number of aryl methyl sites for hydroxylation is 1. The van der Waals surface area contributed by atoms with Crippen molar-refractivity contribution in [2.45, 2.75) is 57.6 Å². The van der Waals surface area contributed by atoms with Crippen molar-refractivity contribution in [2.24, 2.45) is 0 Å². The van der Waals surface area contributed by atoms with Gasteiger partial charge in [0.1, 0.15) is 16.3 Å². The van der Waals surface area contributed by atoms with Gasteiger partial charge >= 0.3 is 6.09 Å². The summed E-state index contributed by atoms with van der Waals surface area (Å²) < 4.78 is 11.1. The van der Waals surface area contributed by atoms with Gasteiger partial charge in [0.2, 0.25) is 0 Å². The van der Waals surface area contributed by atoms with Crippen LogP contribution in [0, 0.1) is 6.92 Å². The van der Waals surface area contributed by atoms with Crippen molar-refractivity contribution >= 4 is 39.2 Å². The maximum absolute atomic E-state index is 12.5. The lowest BCUT2D eigenvalue weighted by atomic mass is 10.00. The van der Waals surface area contributed by atoms with Crippen LogP contribution in [0.4, 0.5) is 4.79 Å². The minimum absolute atomic E-state index is 0.0716. The molecule has 7 nitrogen and oxygen atoms in total. The van der Waals surface area contributed by atoms with E-state index >= 15 is 0 Å². The molecule has 9 heteroatoms. The van der Waals surface area contributed by atoms with Gasteiger partial charge in [-0.2, -0.15) is 0 Å². The summed E-state index contributed by atoms with van der Waals surface area (Å²) >= 11 is 8.56. The molecule has 5 rings (SSSR count). The van der Waals surface area contributed by atoms with Gasteiger partial charge < -0.3 is 14.4 Å². The molecule has 1 aliphatic heterocycles. The SMILES string of the molecule is COCC(c1ccc(C2CC2c2nc(C)nc3sccc23)c(Cl)c1)N1CCN(C(=O)OC(C)(C)C)CC1. The summed E-state index contributed by atoms with van der Waals surface area (Å²) in [6.07, 6.45) is 0.801. The number of aromatic nitrogens is 2. The van der Waals surface area contributed by atoms with Gasteiger partial charge in [-0.1, -0.05) is 23.7 Å². The van der Waals surface area contributed by atoms with Gasteiger partial charge in [-0.3, -0.25) is 4.90 Å². The van der Waals surface area contributed by atoms with E-state index in [1.165, 1.54) is 10.9 Å². The summed E-state index contributed by atoms with van der Waals surface area (Å²) in [6.45, 7) is 11.0. The number of ether oxygens (including phenoxy) is 2. The third-order valence-electron chi connectivity index (χ3n) is 7.15. The van der Waals surface area contributed by atoms with Gasteiger partial charge in [0.25, 0.3) is 0 Å². The van der Waals surface area contributed by atoms with Crippen molar-refractivity contribution in [1.82, 2.24) is 19.8 Å². The Morgan fingerprint density at radius 1 is 1.16 bits per heavy atom. The molecule has 2 aromatic heterocycles. The van der Waals surface area contributed by atoms with Crippen LogP contribution in [-0.2, 0) is 9.47 Å². The number of hydrogen-bond acceptors (Lipinski definition) is 7. The molecule has 0 spiro atoms. The molecule has 1 aliphatic carbocycles. The van der Waals surface area contributed by atoms with E-state index < -0.39 is 5.60 Å². The van der Waals surface area contributed by atoms with Gasteiger partial charge in [-0.25, -0.2) is 14.8 Å². The zero-order valence-corrected chi connectivity index (χ0v) is 23.7. The van der Waals surface area contributed by atoms with Crippen LogP contribution in [0.2, 0.25) is 5.02 Å². The van der Waals surface area contributed by atoms with Crippen molar-refractivity contribution < 1.29 is 14.3 Å². The maximum Gasteiger partial charge on any atom is 0.410 e. The molecular formula is C28H35ClN4O3S. The van der Waals surface area contributed by atoms with Crippen LogP contribution in [0.5, 0.6) is 0 Å². The first-order chi connectivity index (χ1) is 17.6. The smallest absolute Gasteiger partial charge is 0.410 e. The molecule has 0 N–H and O–H groups in total. The zero-order valence-electron chi connectivity index (χ0n) is 22.2. The standard InChI is InChI=1S/C28H35ClN4O3S/c1-17-30-25(20-8-13-37-26(20)31-17)22-15-21(22)19-7-6-18(14-23(19)29)24(16-35-5)32-9-11-33(12-10-32)27(34)36-28(2,3)4/h6-8,13-14,21-22,24H,9-12,15-16H2,1-5H3. The Labute approximate surface area is 227 Å². The predicted octanol–water partition coefficient (Wildman–Crippen LogP) is 6.16. The molecule has 198 valence electrons. The first-order valence-corrected chi connectivity index (χ1v) is 14.1. The lowest BCUT2D eigenvalue weighted by molar-refractivity contribution is 0.00413. The van der Waals surface area contributed by atoms with Crippen LogP contribution in [0.15, 0.2) is 29.6 Å². The second-order valence-electron chi connectivity index (χ2n) is 11.0. The molecule has 37 heavy (non-hydrogen) atoms. The van der Waals surface area contributed by atoms with E-state index in [1.54, 1.807) is 23.3 Å². The van der Waals surface area contributed by atoms with Crippen LogP contribution in [0.1, 0.15) is 67.7 Å². The number of piperazine rings is 1. The number of rotatable bonds is 6. The molecule has 0 bridgehead atoms.